The predicted molar refractivity (Wildman–Crippen MR) is 61.3 cm³/mol. The Labute approximate surface area is 103 Å². The second kappa shape index (κ2) is 7.15. The van der Waals surface area contributed by atoms with Crippen LogP contribution in [0.4, 0.5) is 8.78 Å². The van der Waals surface area contributed by atoms with Crippen molar-refractivity contribution in [1.82, 2.24) is 4.90 Å². The SMILES string of the molecule is O=C(CN(CCO)CCO)c1ccc(F)c(F)c1. The van der Waals surface area contributed by atoms with Crippen LogP contribution in [-0.4, -0.2) is 53.7 Å². The molecular formula is C12H15F2NO3. The summed E-state index contributed by atoms with van der Waals surface area (Å²) in [5.41, 5.74) is 0.0646. The van der Waals surface area contributed by atoms with Gasteiger partial charge in [0.15, 0.2) is 17.4 Å². The molecule has 0 saturated carbocycles. The lowest BCUT2D eigenvalue weighted by atomic mass is 10.1. The quantitative estimate of drug-likeness (QED) is 0.697. The minimum atomic E-state index is -1.07. The second-order valence-electron chi connectivity index (χ2n) is 3.78. The van der Waals surface area contributed by atoms with Gasteiger partial charge in [-0.25, -0.2) is 8.78 Å². The lowest BCUT2D eigenvalue weighted by Gasteiger charge is -2.19. The van der Waals surface area contributed by atoms with Gasteiger partial charge in [0.05, 0.1) is 19.8 Å². The van der Waals surface area contributed by atoms with Gasteiger partial charge in [0, 0.05) is 18.7 Å². The fourth-order valence-electron chi connectivity index (χ4n) is 1.52. The number of ketones is 1. The smallest absolute Gasteiger partial charge is 0.176 e. The van der Waals surface area contributed by atoms with Crippen molar-refractivity contribution >= 4 is 5.78 Å². The van der Waals surface area contributed by atoms with Crippen molar-refractivity contribution in [2.45, 2.75) is 0 Å². The number of carbonyl (C=O) groups excluding carboxylic acids is 1. The number of rotatable bonds is 7. The summed E-state index contributed by atoms with van der Waals surface area (Å²) in [7, 11) is 0. The lowest BCUT2D eigenvalue weighted by Crippen LogP contribution is -2.34. The minimum Gasteiger partial charge on any atom is -0.395 e. The van der Waals surface area contributed by atoms with E-state index < -0.39 is 17.4 Å². The summed E-state index contributed by atoms with van der Waals surface area (Å²) in [5.74, 6) is -2.47. The summed E-state index contributed by atoms with van der Waals surface area (Å²) in [6.07, 6.45) is 0. The maximum atomic E-state index is 13.0. The van der Waals surface area contributed by atoms with Crippen molar-refractivity contribution in [3.05, 3.63) is 35.4 Å². The van der Waals surface area contributed by atoms with Crippen molar-refractivity contribution < 1.29 is 23.8 Å². The molecule has 0 aliphatic rings. The molecule has 1 aromatic rings. The van der Waals surface area contributed by atoms with Gasteiger partial charge in [-0.1, -0.05) is 0 Å². The van der Waals surface area contributed by atoms with E-state index in [1.54, 1.807) is 0 Å². The largest absolute Gasteiger partial charge is 0.395 e. The third-order valence-corrected chi connectivity index (χ3v) is 2.44. The molecule has 0 atom stereocenters. The number of hydrogen-bond acceptors (Lipinski definition) is 4. The van der Waals surface area contributed by atoms with Gasteiger partial charge in [0.2, 0.25) is 0 Å². The molecule has 0 radical (unpaired) electrons. The molecule has 0 saturated heterocycles. The number of benzene rings is 1. The molecule has 2 N–H and O–H groups in total. The van der Waals surface area contributed by atoms with E-state index in [1.165, 1.54) is 11.0 Å². The third kappa shape index (κ3) is 4.14. The second-order valence-corrected chi connectivity index (χ2v) is 3.78. The van der Waals surface area contributed by atoms with Gasteiger partial charge in [-0.05, 0) is 18.2 Å². The molecule has 0 fully saturated rings. The lowest BCUT2D eigenvalue weighted by molar-refractivity contribution is 0.0893. The first-order valence-electron chi connectivity index (χ1n) is 5.50. The van der Waals surface area contributed by atoms with Crippen LogP contribution in [0.1, 0.15) is 10.4 Å². The van der Waals surface area contributed by atoms with Crippen molar-refractivity contribution in [2.24, 2.45) is 0 Å². The maximum absolute atomic E-state index is 13.0. The molecule has 0 amide bonds. The first-order chi connectivity index (χ1) is 8.58. The summed E-state index contributed by atoms with van der Waals surface area (Å²) < 4.78 is 25.7. The van der Waals surface area contributed by atoms with Crippen LogP contribution in [0.25, 0.3) is 0 Å². The Kier molecular flexibility index (Phi) is 5.84. The van der Waals surface area contributed by atoms with Crippen LogP contribution < -0.4 is 0 Å². The van der Waals surface area contributed by atoms with Gasteiger partial charge < -0.3 is 10.2 Å². The molecule has 0 unspecified atom stereocenters. The average molecular weight is 259 g/mol. The number of nitrogens with zero attached hydrogens (tertiary/aromatic N) is 1. The number of carbonyl (C=O) groups is 1. The molecule has 0 aliphatic carbocycles. The highest BCUT2D eigenvalue weighted by molar-refractivity contribution is 5.97. The van der Waals surface area contributed by atoms with E-state index in [0.29, 0.717) is 0 Å². The molecule has 0 spiro atoms. The standard InChI is InChI=1S/C12H15F2NO3/c13-10-2-1-9(7-11(10)14)12(18)8-15(3-5-16)4-6-17/h1-2,7,16-17H,3-6,8H2. The number of aliphatic hydroxyl groups is 2. The predicted octanol–water partition coefficient (Wildman–Crippen LogP) is 0.434. The van der Waals surface area contributed by atoms with Crippen LogP contribution in [0.5, 0.6) is 0 Å². The Balaban J connectivity index is 2.70. The van der Waals surface area contributed by atoms with E-state index in [1.807, 2.05) is 0 Å². The summed E-state index contributed by atoms with van der Waals surface area (Å²) >= 11 is 0. The summed E-state index contributed by atoms with van der Waals surface area (Å²) in [5, 5.41) is 17.6. The van der Waals surface area contributed by atoms with Crippen molar-refractivity contribution in [2.75, 3.05) is 32.8 Å². The van der Waals surface area contributed by atoms with Crippen LogP contribution in [-0.2, 0) is 0 Å². The van der Waals surface area contributed by atoms with Crippen molar-refractivity contribution in [3.63, 3.8) is 0 Å². The van der Waals surface area contributed by atoms with Gasteiger partial charge in [-0.15, -0.1) is 0 Å². The van der Waals surface area contributed by atoms with E-state index in [2.05, 4.69) is 0 Å². The Hall–Kier alpha value is -1.37. The van der Waals surface area contributed by atoms with Gasteiger partial charge >= 0.3 is 0 Å². The zero-order valence-corrected chi connectivity index (χ0v) is 9.77. The van der Waals surface area contributed by atoms with Gasteiger partial charge in [0.1, 0.15) is 0 Å². The Bertz CT molecular complexity index is 406. The van der Waals surface area contributed by atoms with Crippen LogP contribution >= 0.6 is 0 Å². The molecule has 1 rings (SSSR count). The zero-order chi connectivity index (χ0) is 13.5. The molecule has 1 aromatic carbocycles. The normalized spacial score (nSPS) is 10.9. The summed E-state index contributed by atoms with van der Waals surface area (Å²) in [6, 6.07) is 2.94. The van der Waals surface area contributed by atoms with Crippen molar-refractivity contribution in [3.8, 4) is 0 Å². The number of aliphatic hydroxyl groups excluding tert-OH is 2. The maximum Gasteiger partial charge on any atom is 0.176 e. The van der Waals surface area contributed by atoms with E-state index in [4.69, 9.17) is 10.2 Å². The molecule has 6 heteroatoms. The highest BCUT2D eigenvalue weighted by Gasteiger charge is 2.13. The highest BCUT2D eigenvalue weighted by atomic mass is 19.2. The summed E-state index contributed by atoms with van der Waals surface area (Å²) in [4.78, 5) is 13.3. The van der Waals surface area contributed by atoms with Crippen LogP contribution in [0.3, 0.4) is 0 Å². The molecule has 4 nitrogen and oxygen atoms in total. The van der Waals surface area contributed by atoms with Crippen molar-refractivity contribution in [1.29, 1.82) is 0 Å². The van der Waals surface area contributed by atoms with Crippen LogP contribution in [0, 0.1) is 11.6 Å². The topological polar surface area (TPSA) is 60.8 Å². The molecular weight excluding hydrogens is 244 g/mol. The van der Waals surface area contributed by atoms with Crippen LogP contribution in [0.15, 0.2) is 18.2 Å². The van der Waals surface area contributed by atoms with Crippen LogP contribution in [0.2, 0.25) is 0 Å². The first kappa shape index (κ1) is 14.7. The third-order valence-electron chi connectivity index (χ3n) is 2.44. The number of Topliss-reactive ketones (excluding diaryl/α,β-unsaturated/α-hetero) is 1. The number of halogens is 2. The Morgan fingerprint density at radius 1 is 1.11 bits per heavy atom. The van der Waals surface area contributed by atoms with E-state index in [-0.39, 0.29) is 38.4 Å². The number of hydrogen-bond donors (Lipinski definition) is 2. The average Bonchev–Trinajstić information content (AvgIpc) is 2.33. The minimum absolute atomic E-state index is 0.0633. The molecule has 18 heavy (non-hydrogen) atoms. The molecule has 100 valence electrons. The fraction of sp³-hybridized carbons (Fsp3) is 0.417. The van der Waals surface area contributed by atoms with Gasteiger partial charge in [-0.2, -0.15) is 0 Å². The monoisotopic (exact) mass is 259 g/mol. The van der Waals surface area contributed by atoms with Gasteiger partial charge in [-0.3, -0.25) is 9.69 Å². The Morgan fingerprint density at radius 3 is 2.22 bits per heavy atom. The van der Waals surface area contributed by atoms with Gasteiger partial charge in [0.25, 0.3) is 0 Å². The molecule has 0 heterocycles. The van der Waals surface area contributed by atoms with E-state index >= 15 is 0 Å². The fourth-order valence-corrected chi connectivity index (χ4v) is 1.52. The summed E-state index contributed by atoms with van der Waals surface area (Å²) in [6.45, 7) is 0.105. The van der Waals surface area contributed by atoms with E-state index in [9.17, 15) is 13.6 Å². The molecule has 0 bridgehead atoms. The highest BCUT2D eigenvalue weighted by Crippen LogP contribution is 2.09. The zero-order valence-electron chi connectivity index (χ0n) is 9.77. The molecule has 0 aromatic heterocycles. The molecule has 0 aliphatic heterocycles. The Morgan fingerprint density at radius 2 is 1.72 bits per heavy atom. The van der Waals surface area contributed by atoms with E-state index in [0.717, 1.165) is 12.1 Å². The first-order valence-corrected chi connectivity index (χ1v) is 5.50.